The summed E-state index contributed by atoms with van der Waals surface area (Å²) in [5.41, 5.74) is 3.63. The molecule has 30 heavy (non-hydrogen) atoms. The molecule has 4 heterocycles. The maximum Gasteiger partial charge on any atom is 0.243 e. The molecule has 0 bridgehead atoms. The smallest absolute Gasteiger partial charge is 0.243 e. The highest BCUT2D eigenvalue weighted by Crippen LogP contribution is 2.40. The Morgan fingerprint density at radius 1 is 1.27 bits per heavy atom. The number of anilines is 1. The Labute approximate surface area is 177 Å². The van der Waals surface area contributed by atoms with Gasteiger partial charge in [0.1, 0.15) is 6.29 Å². The molecule has 2 aliphatic rings. The van der Waals surface area contributed by atoms with Gasteiger partial charge in [-0.1, -0.05) is 12.1 Å². The van der Waals surface area contributed by atoms with E-state index in [-0.39, 0.29) is 0 Å². The van der Waals surface area contributed by atoms with Gasteiger partial charge in [0.2, 0.25) is 6.43 Å². The molecule has 5 nitrogen and oxygen atoms in total. The van der Waals surface area contributed by atoms with Crippen LogP contribution in [0.15, 0.2) is 36.5 Å². The fraction of sp³-hybridized carbons (Fsp3) is 0.409. The number of hydrogen-bond donors (Lipinski definition) is 0. The topological polar surface area (TPSA) is 49.3 Å². The third-order valence-electron chi connectivity index (χ3n) is 6.09. The van der Waals surface area contributed by atoms with Crippen LogP contribution in [-0.2, 0) is 17.8 Å². The van der Waals surface area contributed by atoms with Gasteiger partial charge < -0.3 is 9.69 Å². The molecule has 2 atom stereocenters. The van der Waals surface area contributed by atoms with E-state index in [0.717, 1.165) is 44.9 Å². The first kappa shape index (κ1) is 19.5. The average Bonchev–Trinajstić information content (AvgIpc) is 3.47. The molecule has 0 spiro atoms. The lowest BCUT2D eigenvalue weighted by Gasteiger charge is -2.25. The summed E-state index contributed by atoms with van der Waals surface area (Å²) in [6, 6.07) is 9.52. The summed E-state index contributed by atoms with van der Waals surface area (Å²) in [6.45, 7) is 2.19. The van der Waals surface area contributed by atoms with E-state index in [1.165, 1.54) is 0 Å². The third-order valence-corrected chi connectivity index (χ3v) is 7.19. The summed E-state index contributed by atoms with van der Waals surface area (Å²) < 4.78 is 27.4. The van der Waals surface area contributed by atoms with Gasteiger partial charge in [-0.15, -0.1) is 11.3 Å². The van der Waals surface area contributed by atoms with Crippen molar-refractivity contribution in [2.24, 2.45) is 5.92 Å². The lowest BCUT2D eigenvalue weighted by atomic mass is 10.1. The fourth-order valence-corrected chi connectivity index (χ4v) is 5.51. The van der Waals surface area contributed by atoms with Crippen molar-refractivity contribution in [3.8, 4) is 0 Å². The second-order valence-electron chi connectivity index (χ2n) is 7.90. The van der Waals surface area contributed by atoms with Crippen LogP contribution >= 0.6 is 11.3 Å². The number of pyridine rings is 1. The van der Waals surface area contributed by atoms with Gasteiger partial charge >= 0.3 is 0 Å². The predicted molar refractivity (Wildman–Crippen MR) is 113 cm³/mol. The molecular weight excluding hydrogens is 406 g/mol. The van der Waals surface area contributed by atoms with E-state index in [9.17, 15) is 13.6 Å². The van der Waals surface area contributed by atoms with Gasteiger partial charge in [-0.2, -0.15) is 0 Å². The Morgan fingerprint density at radius 3 is 2.90 bits per heavy atom. The second kappa shape index (κ2) is 8.00. The summed E-state index contributed by atoms with van der Waals surface area (Å²) in [4.78, 5) is 25.3. The van der Waals surface area contributed by atoms with Gasteiger partial charge in [0.25, 0.3) is 0 Å². The van der Waals surface area contributed by atoms with Gasteiger partial charge in [0.05, 0.1) is 27.0 Å². The third kappa shape index (κ3) is 3.48. The summed E-state index contributed by atoms with van der Waals surface area (Å²) in [7, 11) is 0. The first-order chi connectivity index (χ1) is 14.6. The molecular formula is C22H22F2N4OS. The van der Waals surface area contributed by atoms with Crippen LogP contribution in [0.2, 0.25) is 0 Å². The van der Waals surface area contributed by atoms with Crippen LogP contribution in [0.4, 0.5) is 14.5 Å². The number of aromatic nitrogens is 2. The summed E-state index contributed by atoms with van der Waals surface area (Å²) in [5, 5.41) is 1.05. The first-order valence-corrected chi connectivity index (χ1v) is 11.0. The van der Waals surface area contributed by atoms with E-state index in [1.807, 2.05) is 29.2 Å². The predicted octanol–water partition coefficient (Wildman–Crippen LogP) is 4.08. The van der Waals surface area contributed by atoms with Crippen LogP contribution < -0.4 is 4.90 Å². The van der Waals surface area contributed by atoms with Gasteiger partial charge in [-0.05, 0) is 24.6 Å². The molecule has 0 N–H and O–H groups in total. The van der Waals surface area contributed by atoms with Crippen molar-refractivity contribution in [3.63, 3.8) is 0 Å². The highest BCUT2D eigenvalue weighted by Gasteiger charge is 2.37. The highest BCUT2D eigenvalue weighted by molar-refractivity contribution is 7.18. The quantitative estimate of drug-likeness (QED) is 0.554. The Bertz CT molecular complexity index is 1040. The molecule has 1 aromatic carbocycles. The second-order valence-corrected chi connectivity index (χ2v) is 9.01. The van der Waals surface area contributed by atoms with E-state index in [2.05, 4.69) is 20.9 Å². The number of para-hydroxylation sites is 1. The van der Waals surface area contributed by atoms with E-state index < -0.39 is 18.4 Å². The molecule has 5 rings (SSSR count). The minimum absolute atomic E-state index is 0.325. The molecule has 1 saturated heterocycles. The maximum atomic E-state index is 13.1. The zero-order valence-corrected chi connectivity index (χ0v) is 17.2. The lowest BCUT2D eigenvalue weighted by molar-refractivity contribution is -0.112. The normalized spacial score (nSPS) is 21.6. The largest absolute Gasteiger partial charge is 0.371 e. The minimum Gasteiger partial charge on any atom is -0.371 e. The number of nitrogens with zero attached hydrogens (tertiary/aromatic N) is 4. The Morgan fingerprint density at radius 2 is 2.13 bits per heavy atom. The Kier molecular flexibility index (Phi) is 5.20. The molecule has 0 saturated carbocycles. The van der Waals surface area contributed by atoms with Crippen molar-refractivity contribution in [2.75, 3.05) is 24.5 Å². The van der Waals surface area contributed by atoms with Crippen molar-refractivity contribution in [1.29, 1.82) is 0 Å². The van der Waals surface area contributed by atoms with E-state index in [1.54, 1.807) is 17.5 Å². The summed E-state index contributed by atoms with van der Waals surface area (Å²) >= 11 is 1.68. The molecule has 2 aromatic heterocycles. The molecule has 8 heteroatoms. The fourth-order valence-electron chi connectivity index (χ4n) is 4.55. The number of carbonyl (C=O) groups is 1. The van der Waals surface area contributed by atoms with Gasteiger partial charge in [-0.3, -0.25) is 9.88 Å². The molecule has 0 aliphatic carbocycles. The van der Waals surface area contributed by atoms with Gasteiger partial charge in [0.15, 0.2) is 0 Å². The number of rotatable bonds is 6. The minimum atomic E-state index is -2.31. The average molecular weight is 429 g/mol. The first-order valence-electron chi connectivity index (χ1n) is 10.2. The number of alkyl halides is 2. The zero-order chi connectivity index (χ0) is 20.7. The molecule has 3 aromatic rings. The molecule has 2 aliphatic heterocycles. The van der Waals surface area contributed by atoms with Gasteiger partial charge in [0, 0.05) is 56.0 Å². The summed E-state index contributed by atoms with van der Waals surface area (Å²) in [5.74, 6) is -0.611. The Balaban J connectivity index is 1.35. The molecule has 0 radical (unpaired) electrons. The number of thiazole rings is 1. The van der Waals surface area contributed by atoms with Crippen LogP contribution in [-0.4, -0.2) is 47.2 Å². The van der Waals surface area contributed by atoms with Crippen molar-refractivity contribution >= 4 is 33.5 Å². The van der Waals surface area contributed by atoms with Crippen molar-refractivity contribution in [2.45, 2.75) is 31.9 Å². The summed E-state index contributed by atoms with van der Waals surface area (Å²) in [6.07, 6.45) is 1.60. The number of aldehydes is 1. The standard InChI is InChI=1S/C22H22F2N4OS/c23-22(24)14-6-9-27(11-14)17-5-8-25-16-12-28(18(13-29)21(16)17)10-7-20-26-15-3-1-2-4-19(15)30-20/h1-5,8,13-14,18,22H,6-7,9-12H2. The van der Waals surface area contributed by atoms with E-state index in [0.29, 0.717) is 32.6 Å². The zero-order valence-electron chi connectivity index (χ0n) is 16.4. The molecule has 0 amide bonds. The van der Waals surface area contributed by atoms with Gasteiger partial charge in [-0.25, -0.2) is 13.8 Å². The van der Waals surface area contributed by atoms with E-state index in [4.69, 9.17) is 0 Å². The van der Waals surface area contributed by atoms with Crippen LogP contribution in [0.3, 0.4) is 0 Å². The number of carbonyl (C=O) groups excluding carboxylic acids is 1. The van der Waals surface area contributed by atoms with E-state index >= 15 is 0 Å². The number of halogens is 2. The highest BCUT2D eigenvalue weighted by atomic mass is 32.1. The number of fused-ring (bicyclic) bond motifs is 2. The van der Waals surface area contributed by atoms with Crippen molar-refractivity contribution in [1.82, 2.24) is 14.9 Å². The Hall–Kier alpha value is -2.45. The molecule has 1 fully saturated rings. The number of benzene rings is 1. The lowest BCUT2D eigenvalue weighted by Crippen LogP contribution is -2.27. The molecule has 2 unspecified atom stereocenters. The molecule has 156 valence electrons. The van der Waals surface area contributed by atoms with Crippen LogP contribution in [0, 0.1) is 5.92 Å². The van der Waals surface area contributed by atoms with Crippen molar-refractivity contribution in [3.05, 3.63) is 52.8 Å². The van der Waals surface area contributed by atoms with Crippen LogP contribution in [0.25, 0.3) is 10.2 Å². The van der Waals surface area contributed by atoms with Crippen LogP contribution in [0.5, 0.6) is 0 Å². The maximum absolute atomic E-state index is 13.1. The monoisotopic (exact) mass is 428 g/mol. The number of hydrogen-bond acceptors (Lipinski definition) is 6. The van der Waals surface area contributed by atoms with Crippen LogP contribution in [0.1, 0.15) is 28.7 Å². The van der Waals surface area contributed by atoms with Crippen molar-refractivity contribution < 1.29 is 13.6 Å². The SMILES string of the molecule is O=CC1c2c(N3CCC(C(F)F)C3)ccnc2CN1CCc1nc2ccccc2s1.